The van der Waals surface area contributed by atoms with Gasteiger partial charge in [0.25, 0.3) is 0 Å². The molecule has 0 amide bonds. The molecule has 0 aliphatic heterocycles. The molecular formula is C23H23F3N2O2S. The molecule has 31 heavy (non-hydrogen) atoms. The van der Waals surface area contributed by atoms with E-state index in [1.165, 1.54) is 12.1 Å². The van der Waals surface area contributed by atoms with Crippen LogP contribution in [-0.2, 0) is 17.4 Å². The van der Waals surface area contributed by atoms with Crippen molar-refractivity contribution in [1.82, 2.24) is 9.78 Å². The minimum Gasteiger partial charge on any atom is -0.481 e. The van der Waals surface area contributed by atoms with Crippen molar-refractivity contribution in [2.75, 3.05) is 0 Å². The number of hydrogen-bond donors (Lipinski definition) is 1. The second-order valence-corrected chi connectivity index (χ2v) is 8.74. The quantitative estimate of drug-likeness (QED) is 0.426. The highest BCUT2D eigenvalue weighted by atomic mass is 32.2. The zero-order valence-electron chi connectivity index (χ0n) is 17.4. The first kappa shape index (κ1) is 22.9. The highest BCUT2D eigenvalue weighted by molar-refractivity contribution is 7.99. The monoisotopic (exact) mass is 448 g/mol. The summed E-state index contributed by atoms with van der Waals surface area (Å²) in [6.45, 7) is 5.92. The van der Waals surface area contributed by atoms with Gasteiger partial charge in [0.15, 0.2) is 0 Å². The summed E-state index contributed by atoms with van der Waals surface area (Å²) in [4.78, 5) is 12.0. The van der Waals surface area contributed by atoms with Crippen molar-refractivity contribution in [2.45, 2.75) is 49.9 Å². The standard InChI is InChI=1S/C23H23F3N2O2S/c1-14-17(7-12-22(29)30)5-4-6-21(14)31-16(3)20-13-28(27-15(20)2)19-10-8-18(9-11-19)23(24,25)26/h4-6,8-11,13,16H,7,12H2,1-3H3,(H,29,30). The Bertz CT molecular complexity index is 1080. The Morgan fingerprint density at radius 2 is 1.84 bits per heavy atom. The number of aryl methyl sites for hydroxylation is 2. The van der Waals surface area contributed by atoms with Crippen molar-refractivity contribution in [2.24, 2.45) is 0 Å². The predicted molar refractivity (Wildman–Crippen MR) is 115 cm³/mol. The Morgan fingerprint density at radius 1 is 1.16 bits per heavy atom. The second kappa shape index (κ2) is 9.18. The van der Waals surface area contributed by atoms with E-state index in [0.29, 0.717) is 12.1 Å². The average Bonchev–Trinajstić information content (AvgIpc) is 3.10. The van der Waals surface area contributed by atoms with Crippen LogP contribution in [0.1, 0.15) is 46.5 Å². The van der Waals surface area contributed by atoms with Crippen LogP contribution < -0.4 is 0 Å². The molecule has 4 nitrogen and oxygen atoms in total. The number of carboxylic acids is 1. The SMILES string of the molecule is Cc1nn(-c2ccc(C(F)(F)F)cc2)cc1C(C)Sc1cccc(CCC(=O)O)c1C. The van der Waals surface area contributed by atoms with Crippen LogP contribution in [0.3, 0.4) is 0 Å². The molecule has 0 radical (unpaired) electrons. The number of nitrogens with zero attached hydrogens (tertiary/aromatic N) is 2. The molecule has 0 saturated carbocycles. The van der Waals surface area contributed by atoms with Gasteiger partial charge in [0.05, 0.1) is 16.9 Å². The van der Waals surface area contributed by atoms with Crippen LogP contribution in [0.4, 0.5) is 13.2 Å². The van der Waals surface area contributed by atoms with E-state index in [-0.39, 0.29) is 11.7 Å². The number of hydrogen-bond acceptors (Lipinski definition) is 3. The van der Waals surface area contributed by atoms with Crippen molar-refractivity contribution >= 4 is 17.7 Å². The molecule has 2 aromatic carbocycles. The summed E-state index contributed by atoms with van der Waals surface area (Å²) in [5, 5.41) is 13.5. The van der Waals surface area contributed by atoms with Crippen LogP contribution in [0.5, 0.6) is 0 Å². The Kier molecular flexibility index (Phi) is 6.79. The van der Waals surface area contributed by atoms with E-state index in [9.17, 15) is 18.0 Å². The fraction of sp³-hybridized carbons (Fsp3) is 0.304. The Hall–Kier alpha value is -2.74. The summed E-state index contributed by atoms with van der Waals surface area (Å²) in [5.74, 6) is -0.822. The second-order valence-electron chi connectivity index (χ2n) is 7.35. The molecule has 1 atom stereocenters. The molecule has 3 aromatic rings. The first-order valence-electron chi connectivity index (χ1n) is 9.77. The van der Waals surface area contributed by atoms with Gasteiger partial charge in [-0.15, -0.1) is 11.8 Å². The third-order valence-corrected chi connectivity index (χ3v) is 6.45. The summed E-state index contributed by atoms with van der Waals surface area (Å²) in [5.41, 5.74) is 3.74. The molecule has 0 bridgehead atoms. The van der Waals surface area contributed by atoms with Crippen LogP contribution in [0.25, 0.3) is 5.69 Å². The fourth-order valence-electron chi connectivity index (χ4n) is 3.36. The van der Waals surface area contributed by atoms with Gasteiger partial charge in [-0.25, -0.2) is 4.68 Å². The Labute approximate surface area is 183 Å². The molecule has 1 heterocycles. The van der Waals surface area contributed by atoms with E-state index in [4.69, 9.17) is 5.11 Å². The van der Waals surface area contributed by atoms with Gasteiger partial charge in [-0.05, 0) is 68.7 Å². The molecule has 0 aliphatic rings. The Balaban J connectivity index is 1.79. The first-order valence-corrected chi connectivity index (χ1v) is 10.6. The summed E-state index contributed by atoms with van der Waals surface area (Å²) in [7, 11) is 0. The zero-order valence-corrected chi connectivity index (χ0v) is 18.2. The van der Waals surface area contributed by atoms with Crippen LogP contribution in [0.15, 0.2) is 53.6 Å². The molecule has 164 valence electrons. The van der Waals surface area contributed by atoms with Crippen LogP contribution >= 0.6 is 11.8 Å². The molecule has 0 saturated heterocycles. The minimum absolute atomic E-state index is 0.0524. The predicted octanol–water partition coefficient (Wildman–Crippen LogP) is 6.38. The molecule has 0 fully saturated rings. The largest absolute Gasteiger partial charge is 0.481 e. The average molecular weight is 449 g/mol. The van der Waals surface area contributed by atoms with Gasteiger partial charge < -0.3 is 5.11 Å². The maximum absolute atomic E-state index is 12.8. The van der Waals surface area contributed by atoms with Gasteiger partial charge in [-0.1, -0.05) is 12.1 Å². The van der Waals surface area contributed by atoms with Crippen LogP contribution in [-0.4, -0.2) is 20.9 Å². The van der Waals surface area contributed by atoms with Gasteiger partial charge in [-0.2, -0.15) is 18.3 Å². The molecule has 0 spiro atoms. The number of aliphatic carboxylic acids is 1. The summed E-state index contributed by atoms with van der Waals surface area (Å²) < 4.78 is 40.0. The molecule has 1 N–H and O–H groups in total. The molecule has 8 heteroatoms. The van der Waals surface area contributed by atoms with Gasteiger partial charge >= 0.3 is 12.1 Å². The van der Waals surface area contributed by atoms with Crippen molar-refractivity contribution in [3.05, 3.63) is 76.6 Å². The first-order chi connectivity index (χ1) is 14.6. The normalized spacial score (nSPS) is 12.7. The number of carboxylic acid groups (broad SMARTS) is 1. The fourth-order valence-corrected chi connectivity index (χ4v) is 4.57. The highest BCUT2D eigenvalue weighted by Gasteiger charge is 2.30. The van der Waals surface area contributed by atoms with Crippen molar-refractivity contribution in [1.29, 1.82) is 0 Å². The molecule has 1 unspecified atom stereocenters. The lowest BCUT2D eigenvalue weighted by atomic mass is 10.0. The van der Waals surface area contributed by atoms with E-state index < -0.39 is 17.7 Å². The Morgan fingerprint density at radius 3 is 2.45 bits per heavy atom. The van der Waals surface area contributed by atoms with Crippen molar-refractivity contribution in [3.8, 4) is 5.69 Å². The smallest absolute Gasteiger partial charge is 0.416 e. The van der Waals surface area contributed by atoms with E-state index in [2.05, 4.69) is 12.0 Å². The summed E-state index contributed by atoms with van der Waals surface area (Å²) >= 11 is 1.65. The third-order valence-electron chi connectivity index (χ3n) is 5.14. The summed E-state index contributed by atoms with van der Waals surface area (Å²) in [6.07, 6.45) is -1.96. The maximum atomic E-state index is 12.8. The number of alkyl halides is 3. The van der Waals surface area contributed by atoms with E-state index >= 15 is 0 Å². The highest BCUT2D eigenvalue weighted by Crippen LogP contribution is 2.39. The molecule has 3 rings (SSSR count). The summed E-state index contributed by atoms with van der Waals surface area (Å²) in [6, 6.07) is 10.8. The topological polar surface area (TPSA) is 55.1 Å². The number of halogens is 3. The number of benzene rings is 2. The molecule has 0 aliphatic carbocycles. The van der Waals surface area contributed by atoms with Gasteiger partial charge in [0.2, 0.25) is 0 Å². The van der Waals surface area contributed by atoms with Gasteiger partial charge in [0.1, 0.15) is 0 Å². The van der Waals surface area contributed by atoms with Crippen molar-refractivity contribution in [3.63, 3.8) is 0 Å². The van der Waals surface area contributed by atoms with Crippen LogP contribution in [0, 0.1) is 13.8 Å². The number of carbonyl (C=O) groups is 1. The van der Waals surface area contributed by atoms with E-state index in [1.807, 2.05) is 38.2 Å². The minimum atomic E-state index is -4.37. The van der Waals surface area contributed by atoms with E-state index in [1.54, 1.807) is 16.4 Å². The van der Waals surface area contributed by atoms with Gasteiger partial charge in [0, 0.05) is 28.3 Å². The lowest BCUT2D eigenvalue weighted by Crippen LogP contribution is -2.05. The lowest BCUT2D eigenvalue weighted by molar-refractivity contribution is -0.138. The molecular weight excluding hydrogens is 425 g/mol. The van der Waals surface area contributed by atoms with E-state index in [0.717, 1.165) is 39.4 Å². The third kappa shape index (κ3) is 5.50. The van der Waals surface area contributed by atoms with Crippen molar-refractivity contribution < 1.29 is 23.1 Å². The zero-order chi connectivity index (χ0) is 22.8. The lowest BCUT2D eigenvalue weighted by Gasteiger charge is -2.15. The number of thioether (sulfide) groups is 1. The van der Waals surface area contributed by atoms with Gasteiger partial charge in [-0.3, -0.25) is 4.79 Å². The van der Waals surface area contributed by atoms with Crippen LogP contribution in [0.2, 0.25) is 0 Å². The number of rotatable bonds is 7. The maximum Gasteiger partial charge on any atom is 0.416 e. The number of aromatic nitrogens is 2. The molecule has 1 aromatic heterocycles.